The average molecular weight is 314 g/mol. The number of carbonyl (C=O) groups is 1. The standard InChI is InChI=1S/C18H16ClNO2/c1-22-15-8-6-13(7-9-15)20-11-10-14(21)12-18(20)16-4-2-3-5-17(16)19/h2-11,18H,12H2,1H3. The molecule has 1 aliphatic heterocycles. The van der Waals surface area contributed by atoms with Crippen LogP contribution in [0.1, 0.15) is 18.0 Å². The van der Waals surface area contributed by atoms with Crippen molar-refractivity contribution >= 4 is 23.1 Å². The number of carbonyl (C=O) groups excluding carboxylic acids is 1. The Hall–Kier alpha value is -2.26. The fourth-order valence-electron chi connectivity index (χ4n) is 2.65. The maximum Gasteiger partial charge on any atom is 0.159 e. The number of allylic oxidation sites excluding steroid dienone is 1. The molecular formula is C18H16ClNO2. The fraction of sp³-hybridized carbons (Fsp3) is 0.167. The predicted octanol–water partition coefficient (Wildman–Crippen LogP) is 4.38. The predicted molar refractivity (Wildman–Crippen MR) is 88.4 cm³/mol. The Bertz CT molecular complexity index is 709. The van der Waals surface area contributed by atoms with E-state index in [4.69, 9.17) is 16.3 Å². The third kappa shape index (κ3) is 2.85. The lowest BCUT2D eigenvalue weighted by molar-refractivity contribution is -0.115. The molecule has 22 heavy (non-hydrogen) atoms. The van der Waals surface area contributed by atoms with Crippen molar-refractivity contribution in [1.82, 2.24) is 0 Å². The lowest BCUT2D eigenvalue weighted by Crippen LogP contribution is -2.29. The highest BCUT2D eigenvalue weighted by Gasteiger charge is 2.26. The molecule has 1 heterocycles. The van der Waals surface area contributed by atoms with E-state index in [2.05, 4.69) is 4.90 Å². The summed E-state index contributed by atoms with van der Waals surface area (Å²) in [5.74, 6) is 0.907. The quantitative estimate of drug-likeness (QED) is 0.842. The highest BCUT2D eigenvalue weighted by atomic mass is 35.5. The van der Waals surface area contributed by atoms with Gasteiger partial charge in [0.15, 0.2) is 5.78 Å². The van der Waals surface area contributed by atoms with Crippen LogP contribution in [0, 0.1) is 0 Å². The molecule has 112 valence electrons. The first-order valence-electron chi connectivity index (χ1n) is 7.07. The number of halogens is 1. The Labute approximate surface area is 134 Å². The molecule has 0 saturated heterocycles. The summed E-state index contributed by atoms with van der Waals surface area (Å²) < 4.78 is 5.19. The molecule has 0 radical (unpaired) electrons. The summed E-state index contributed by atoms with van der Waals surface area (Å²) in [5, 5.41) is 0.675. The van der Waals surface area contributed by atoms with E-state index in [1.807, 2.05) is 54.7 Å². The maximum atomic E-state index is 11.9. The van der Waals surface area contributed by atoms with Gasteiger partial charge >= 0.3 is 0 Å². The third-order valence-corrected chi connectivity index (χ3v) is 4.13. The lowest BCUT2D eigenvalue weighted by Gasteiger charge is -2.33. The second kappa shape index (κ2) is 6.24. The van der Waals surface area contributed by atoms with Gasteiger partial charge in [-0.2, -0.15) is 0 Å². The van der Waals surface area contributed by atoms with Crippen LogP contribution in [0.5, 0.6) is 5.75 Å². The van der Waals surface area contributed by atoms with E-state index in [1.165, 1.54) is 0 Å². The molecule has 0 amide bonds. The van der Waals surface area contributed by atoms with Crippen molar-refractivity contribution in [3.8, 4) is 5.75 Å². The van der Waals surface area contributed by atoms with E-state index >= 15 is 0 Å². The van der Waals surface area contributed by atoms with Crippen LogP contribution in [0.25, 0.3) is 0 Å². The van der Waals surface area contributed by atoms with Gasteiger partial charge in [-0.05, 0) is 42.0 Å². The zero-order chi connectivity index (χ0) is 15.5. The Balaban J connectivity index is 2.00. The summed E-state index contributed by atoms with van der Waals surface area (Å²) in [6.45, 7) is 0. The number of hydrogen-bond acceptors (Lipinski definition) is 3. The van der Waals surface area contributed by atoms with Crippen LogP contribution in [0.3, 0.4) is 0 Å². The second-order valence-corrected chi connectivity index (χ2v) is 5.54. The topological polar surface area (TPSA) is 29.5 Å². The third-order valence-electron chi connectivity index (χ3n) is 3.79. The summed E-state index contributed by atoms with van der Waals surface area (Å²) in [6, 6.07) is 15.3. The minimum Gasteiger partial charge on any atom is -0.497 e. The van der Waals surface area contributed by atoms with Gasteiger partial charge in [-0.1, -0.05) is 29.8 Å². The number of rotatable bonds is 3. The maximum absolute atomic E-state index is 11.9. The molecule has 0 N–H and O–H groups in total. The van der Waals surface area contributed by atoms with Crippen molar-refractivity contribution in [2.24, 2.45) is 0 Å². The highest BCUT2D eigenvalue weighted by molar-refractivity contribution is 6.31. The van der Waals surface area contributed by atoms with Crippen molar-refractivity contribution in [2.75, 3.05) is 12.0 Å². The first kappa shape index (κ1) is 14.7. The molecular weight excluding hydrogens is 298 g/mol. The molecule has 0 aliphatic carbocycles. The molecule has 4 heteroatoms. The molecule has 0 aromatic heterocycles. The number of hydrogen-bond donors (Lipinski definition) is 0. The van der Waals surface area contributed by atoms with Gasteiger partial charge < -0.3 is 9.64 Å². The highest BCUT2D eigenvalue weighted by Crippen LogP contribution is 2.36. The lowest BCUT2D eigenvalue weighted by atomic mass is 9.96. The fourth-order valence-corrected chi connectivity index (χ4v) is 2.91. The molecule has 1 atom stereocenters. The van der Waals surface area contributed by atoms with Crippen molar-refractivity contribution < 1.29 is 9.53 Å². The molecule has 0 saturated carbocycles. The molecule has 1 unspecified atom stereocenters. The Kier molecular flexibility index (Phi) is 4.16. The van der Waals surface area contributed by atoms with Gasteiger partial charge in [0.05, 0.1) is 13.2 Å². The molecule has 1 aliphatic rings. The zero-order valence-electron chi connectivity index (χ0n) is 12.2. The van der Waals surface area contributed by atoms with Gasteiger partial charge in [-0.25, -0.2) is 0 Å². The molecule has 0 fully saturated rings. The summed E-state index contributed by atoms with van der Waals surface area (Å²) in [7, 11) is 1.64. The first-order valence-corrected chi connectivity index (χ1v) is 7.44. The largest absolute Gasteiger partial charge is 0.497 e. The number of benzene rings is 2. The van der Waals surface area contributed by atoms with E-state index in [0.717, 1.165) is 17.0 Å². The van der Waals surface area contributed by atoms with E-state index in [9.17, 15) is 4.79 Å². The number of methoxy groups -OCH3 is 1. The van der Waals surface area contributed by atoms with Gasteiger partial charge in [0, 0.05) is 23.3 Å². The monoisotopic (exact) mass is 313 g/mol. The molecule has 0 bridgehead atoms. The SMILES string of the molecule is COc1ccc(N2C=CC(=O)CC2c2ccccc2Cl)cc1. The molecule has 2 aromatic carbocycles. The van der Waals surface area contributed by atoms with Gasteiger partial charge in [-0.15, -0.1) is 0 Å². The normalized spacial score (nSPS) is 17.6. The summed E-state index contributed by atoms with van der Waals surface area (Å²) >= 11 is 6.32. The Morgan fingerprint density at radius 2 is 1.86 bits per heavy atom. The molecule has 2 aromatic rings. The Morgan fingerprint density at radius 1 is 1.14 bits per heavy atom. The van der Waals surface area contributed by atoms with E-state index in [1.54, 1.807) is 13.2 Å². The molecule has 0 spiro atoms. The van der Waals surface area contributed by atoms with Crippen LogP contribution in [-0.4, -0.2) is 12.9 Å². The van der Waals surface area contributed by atoms with Crippen LogP contribution < -0.4 is 9.64 Å². The minimum absolute atomic E-state index is 0.0976. The van der Waals surface area contributed by atoms with Crippen molar-refractivity contribution in [2.45, 2.75) is 12.5 Å². The molecule has 3 rings (SSSR count). The number of ether oxygens (including phenoxy) is 1. The van der Waals surface area contributed by atoms with Crippen molar-refractivity contribution in [1.29, 1.82) is 0 Å². The second-order valence-electron chi connectivity index (χ2n) is 5.13. The summed E-state index contributed by atoms with van der Waals surface area (Å²) in [5.41, 5.74) is 1.95. The van der Waals surface area contributed by atoms with Gasteiger partial charge in [0.1, 0.15) is 5.75 Å². The molecule has 3 nitrogen and oxygen atoms in total. The number of anilines is 1. The minimum atomic E-state index is -0.0976. The van der Waals surface area contributed by atoms with Crippen molar-refractivity contribution in [3.63, 3.8) is 0 Å². The summed E-state index contributed by atoms with van der Waals surface area (Å²) in [6.07, 6.45) is 3.84. The first-order chi connectivity index (χ1) is 10.7. The van der Waals surface area contributed by atoms with E-state index < -0.39 is 0 Å². The van der Waals surface area contributed by atoms with Crippen LogP contribution in [0.15, 0.2) is 60.8 Å². The van der Waals surface area contributed by atoms with Gasteiger partial charge in [0.2, 0.25) is 0 Å². The van der Waals surface area contributed by atoms with Crippen LogP contribution in [-0.2, 0) is 4.79 Å². The van der Waals surface area contributed by atoms with Crippen LogP contribution >= 0.6 is 11.6 Å². The smallest absolute Gasteiger partial charge is 0.159 e. The van der Waals surface area contributed by atoms with E-state index in [0.29, 0.717) is 11.4 Å². The van der Waals surface area contributed by atoms with Gasteiger partial charge in [0.25, 0.3) is 0 Å². The Morgan fingerprint density at radius 3 is 2.55 bits per heavy atom. The zero-order valence-corrected chi connectivity index (χ0v) is 13.0. The average Bonchev–Trinajstić information content (AvgIpc) is 2.55. The summed E-state index contributed by atoms with van der Waals surface area (Å²) in [4.78, 5) is 13.9. The van der Waals surface area contributed by atoms with Gasteiger partial charge in [-0.3, -0.25) is 4.79 Å². The number of nitrogens with zero attached hydrogens (tertiary/aromatic N) is 1. The van der Waals surface area contributed by atoms with E-state index in [-0.39, 0.29) is 11.8 Å². The van der Waals surface area contributed by atoms with Crippen molar-refractivity contribution in [3.05, 3.63) is 71.4 Å². The van der Waals surface area contributed by atoms with Crippen LogP contribution in [0.4, 0.5) is 5.69 Å². The van der Waals surface area contributed by atoms with Crippen LogP contribution in [0.2, 0.25) is 5.02 Å². The number of ketones is 1.